The van der Waals surface area contributed by atoms with E-state index in [9.17, 15) is 0 Å². The van der Waals surface area contributed by atoms with Crippen LogP contribution in [0, 0.1) is 17.8 Å². The lowest BCUT2D eigenvalue weighted by Gasteiger charge is -2.43. The number of likely N-dealkylation sites (tertiary alicyclic amines) is 1. The Hall–Kier alpha value is -0.120. The molecule has 18 heavy (non-hydrogen) atoms. The molecule has 0 aromatic carbocycles. The molecule has 0 amide bonds. The predicted octanol–water partition coefficient (Wildman–Crippen LogP) is 1.63. The van der Waals surface area contributed by atoms with Crippen molar-refractivity contribution in [2.45, 2.75) is 51.7 Å². The van der Waals surface area contributed by atoms with Crippen LogP contribution >= 0.6 is 0 Å². The standard InChI is InChI=1S/C15H31N3/c1-10-6-11(2)15(13(16)7-10)18-8-12(3)14(9-18)17(4)5/h10-15H,6-9,16H2,1-5H3. The molecule has 0 aromatic rings. The third kappa shape index (κ3) is 2.73. The normalized spacial score (nSPS) is 46.8. The van der Waals surface area contributed by atoms with E-state index in [0.717, 1.165) is 17.8 Å². The van der Waals surface area contributed by atoms with Crippen molar-refractivity contribution in [1.82, 2.24) is 9.80 Å². The Bertz CT molecular complexity index is 267. The van der Waals surface area contributed by atoms with Crippen LogP contribution in [0.3, 0.4) is 0 Å². The van der Waals surface area contributed by atoms with Crippen LogP contribution in [0.2, 0.25) is 0 Å². The molecule has 1 saturated heterocycles. The van der Waals surface area contributed by atoms with E-state index in [0.29, 0.717) is 18.1 Å². The summed E-state index contributed by atoms with van der Waals surface area (Å²) in [7, 11) is 4.41. The molecular weight excluding hydrogens is 222 g/mol. The summed E-state index contributed by atoms with van der Waals surface area (Å²) in [6.45, 7) is 9.55. The Labute approximate surface area is 113 Å². The Morgan fingerprint density at radius 2 is 1.67 bits per heavy atom. The first-order valence-corrected chi connectivity index (χ1v) is 7.56. The average molecular weight is 253 g/mol. The van der Waals surface area contributed by atoms with Gasteiger partial charge in [-0.2, -0.15) is 0 Å². The minimum absolute atomic E-state index is 0.372. The molecule has 106 valence electrons. The number of hydrogen-bond acceptors (Lipinski definition) is 3. The summed E-state index contributed by atoms with van der Waals surface area (Å²) in [5, 5.41) is 0. The summed E-state index contributed by atoms with van der Waals surface area (Å²) in [5.74, 6) is 2.31. The molecule has 1 aliphatic carbocycles. The summed E-state index contributed by atoms with van der Waals surface area (Å²) < 4.78 is 0. The quantitative estimate of drug-likeness (QED) is 0.812. The highest BCUT2D eigenvalue weighted by Crippen LogP contribution is 2.34. The molecule has 2 N–H and O–H groups in total. The smallest absolute Gasteiger partial charge is 0.0273 e. The Morgan fingerprint density at radius 1 is 1.00 bits per heavy atom. The molecule has 2 aliphatic rings. The monoisotopic (exact) mass is 253 g/mol. The fourth-order valence-corrected chi connectivity index (χ4v) is 4.43. The van der Waals surface area contributed by atoms with Crippen molar-refractivity contribution in [3.8, 4) is 0 Å². The van der Waals surface area contributed by atoms with Crippen LogP contribution in [0.1, 0.15) is 33.6 Å². The minimum Gasteiger partial charge on any atom is -0.326 e. The summed E-state index contributed by atoms with van der Waals surface area (Å²) in [4.78, 5) is 5.06. The maximum absolute atomic E-state index is 6.45. The Balaban J connectivity index is 2.04. The molecule has 1 heterocycles. The van der Waals surface area contributed by atoms with E-state index in [4.69, 9.17) is 5.73 Å². The van der Waals surface area contributed by atoms with Gasteiger partial charge in [0.25, 0.3) is 0 Å². The van der Waals surface area contributed by atoms with E-state index in [-0.39, 0.29) is 0 Å². The molecule has 0 radical (unpaired) electrons. The van der Waals surface area contributed by atoms with E-state index in [2.05, 4.69) is 44.7 Å². The summed E-state index contributed by atoms with van der Waals surface area (Å²) in [5.41, 5.74) is 6.45. The average Bonchev–Trinajstić information content (AvgIpc) is 2.58. The lowest BCUT2D eigenvalue weighted by atomic mass is 9.76. The first kappa shape index (κ1) is 14.3. The van der Waals surface area contributed by atoms with Crippen LogP contribution in [0.15, 0.2) is 0 Å². The number of nitrogens with two attached hydrogens (primary N) is 1. The van der Waals surface area contributed by atoms with E-state index in [1.165, 1.54) is 25.9 Å². The number of likely N-dealkylation sites (N-methyl/N-ethyl adjacent to an activating group) is 1. The number of hydrogen-bond donors (Lipinski definition) is 1. The molecule has 1 saturated carbocycles. The van der Waals surface area contributed by atoms with Gasteiger partial charge in [0.2, 0.25) is 0 Å². The third-order valence-electron chi connectivity index (χ3n) is 5.16. The fourth-order valence-electron chi connectivity index (χ4n) is 4.43. The van der Waals surface area contributed by atoms with Gasteiger partial charge >= 0.3 is 0 Å². The maximum atomic E-state index is 6.45. The van der Waals surface area contributed by atoms with Gasteiger partial charge in [-0.15, -0.1) is 0 Å². The van der Waals surface area contributed by atoms with Crippen molar-refractivity contribution in [2.24, 2.45) is 23.5 Å². The highest BCUT2D eigenvalue weighted by Gasteiger charge is 2.41. The summed E-state index contributed by atoms with van der Waals surface area (Å²) >= 11 is 0. The van der Waals surface area contributed by atoms with Crippen LogP contribution < -0.4 is 5.73 Å². The van der Waals surface area contributed by atoms with Crippen molar-refractivity contribution in [3.63, 3.8) is 0 Å². The van der Waals surface area contributed by atoms with Gasteiger partial charge in [0.1, 0.15) is 0 Å². The SMILES string of the molecule is CC1CC(C)C(N2CC(C)C(N(C)C)C2)C(N)C1. The third-order valence-corrected chi connectivity index (χ3v) is 5.16. The first-order chi connectivity index (χ1) is 8.40. The van der Waals surface area contributed by atoms with Gasteiger partial charge in [-0.05, 0) is 44.7 Å². The van der Waals surface area contributed by atoms with Gasteiger partial charge in [0.05, 0.1) is 0 Å². The van der Waals surface area contributed by atoms with Crippen molar-refractivity contribution in [3.05, 3.63) is 0 Å². The molecule has 3 nitrogen and oxygen atoms in total. The molecule has 2 fully saturated rings. The van der Waals surface area contributed by atoms with Crippen molar-refractivity contribution in [1.29, 1.82) is 0 Å². The number of nitrogens with zero attached hydrogens (tertiary/aromatic N) is 2. The highest BCUT2D eigenvalue weighted by molar-refractivity contribution is 4.97. The predicted molar refractivity (Wildman–Crippen MR) is 77.5 cm³/mol. The second kappa shape index (κ2) is 5.48. The van der Waals surface area contributed by atoms with E-state index in [1.807, 2.05) is 0 Å². The maximum Gasteiger partial charge on any atom is 0.0273 e. The summed E-state index contributed by atoms with van der Waals surface area (Å²) in [6, 6.07) is 1.68. The molecule has 6 unspecified atom stereocenters. The molecule has 0 bridgehead atoms. The van der Waals surface area contributed by atoms with Crippen LogP contribution in [0.5, 0.6) is 0 Å². The van der Waals surface area contributed by atoms with E-state index in [1.54, 1.807) is 0 Å². The Morgan fingerprint density at radius 3 is 2.17 bits per heavy atom. The second-order valence-electron chi connectivity index (χ2n) is 7.17. The molecule has 0 aromatic heterocycles. The topological polar surface area (TPSA) is 32.5 Å². The molecule has 2 rings (SSSR count). The Kier molecular flexibility index (Phi) is 4.35. The zero-order valence-electron chi connectivity index (χ0n) is 12.8. The first-order valence-electron chi connectivity index (χ1n) is 7.56. The van der Waals surface area contributed by atoms with Crippen LogP contribution in [0.4, 0.5) is 0 Å². The zero-order valence-corrected chi connectivity index (χ0v) is 12.8. The highest BCUT2D eigenvalue weighted by atomic mass is 15.3. The molecule has 1 aliphatic heterocycles. The lowest BCUT2D eigenvalue weighted by Crippen LogP contribution is -2.54. The van der Waals surface area contributed by atoms with Crippen LogP contribution in [-0.4, -0.2) is 55.1 Å². The van der Waals surface area contributed by atoms with Crippen molar-refractivity contribution in [2.75, 3.05) is 27.2 Å². The summed E-state index contributed by atoms with van der Waals surface area (Å²) in [6.07, 6.45) is 2.54. The molecule has 6 atom stereocenters. The van der Waals surface area contributed by atoms with Gasteiger partial charge in [-0.25, -0.2) is 0 Å². The van der Waals surface area contributed by atoms with Gasteiger partial charge in [0, 0.05) is 31.2 Å². The minimum atomic E-state index is 0.372. The van der Waals surface area contributed by atoms with Gasteiger partial charge in [-0.3, -0.25) is 4.90 Å². The van der Waals surface area contributed by atoms with Gasteiger partial charge < -0.3 is 10.6 Å². The fraction of sp³-hybridized carbons (Fsp3) is 1.00. The van der Waals surface area contributed by atoms with Crippen LogP contribution in [-0.2, 0) is 0 Å². The molecule has 0 spiro atoms. The molecular formula is C15H31N3. The zero-order chi connectivity index (χ0) is 13.4. The van der Waals surface area contributed by atoms with Crippen LogP contribution in [0.25, 0.3) is 0 Å². The van der Waals surface area contributed by atoms with Crippen molar-refractivity contribution < 1.29 is 0 Å². The van der Waals surface area contributed by atoms with Gasteiger partial charge in [-0.1, -0.05) is 20.8 Å². The molecule has 3 heteroatoms. The van der Waals surface area contributed by atoms with Gasteiger partial charge in [0.15, 0.2) is 0 Å². The lowest BCUT2D eigenvalue weighted by molar-refractivity contribution is 0.0886. The largest absolute Gasteiger partial charge is 0.326 e. The second-order valence-corrected chi connectivity index (χ2v) is 7.17. The van der Waals surface area contributed by atoms with E-state index >= 15 is 0 Å². The van der Waals surface area contributed by atoms with Crippen molar-refractivity contribution >= 4 is 0 Å². The number of rotatable bonds is 2. The van der Waals surface area contributed by atoms with E-state index < -0.39 is 0 Å².